The average Bonchev–Trinajstić information content (AvgIpc) is 3.29. The fourth-order valence-corrected chi connectivity index (χ4v) is 5.17. The number of amides is 2. The number of fused-ring (bicyclic) bond motifs is 2. The highest BCUT2D eigenvalue weighted by Gasteiger charge is 2.61. The molecule has 2 amide bonds. The third-order valence-corrected chi connectivity index (χ3v) is 6.35. The quantitative estimate of drug-likeness (QED) is 0.870. The molecule has 3 atom stereocenters. The molecule has 2 saturated heterocycles. The van der Waals surface area contributed by atoms with Crippen LogP contribution in [0, 0.1) is 5.41 Å². The van der Waals surface area contributed by atoms with Crippen LogP contribution in [0.2, 0.25) is 0 Å². The Kier molecular flexibility index (Phi) is 4.84. The van der Waals surface area contributed by atoms with Gasteiger partial charge in [-0.05, 0) is 43.4 Å². The van der Waals surface area contributed by atoms with Crippen LogP contribution >= 0.6 is 0 Å². The van der Waals surface area contributed by atoms with E-state index in [0.717, 1.165) is 18.4 Å². The van der Waals surface area contributed by atoms with Crippen molar-refractivity contribution in [1.29, 1.82) is 0 Å². The number of ether oxygens (including phenoxy) is 1. The number of methoxy groups -OCH3 is 1. The molecule has 0 unspecified atom stereocenters. The number of carbonyl (C=O) groups is 2. The standard InChI is InChI=1S/C23H26N2O3/c1-24-22(27)23(14-16-8-4-3-5-9-16)15-17-12-13-20(23)25(17)21(26)18-10-6-7-11-19(18)28-2/h3-11,17,20H,12-15H2,1-2H3,(H,24,27)/t17-,20+,23+/m0/s1. The third kappa shape index (κ3) is 2.86. The zero-order chi connectivity index (χ0) is 19.7. The van der Waals surface area contributed by atoms with Crippen molar-refractivity contribution in [1.82, 2.24) is 10.2 Å². The number of hydrogen-bond acceptors (Lipinski definition) is 3. The smallest absolute Gasteiger partial charge is 0.258 e. The molecule has 0 spiro atoms. The van der Waals surface area contributed by atoms with Crippen molar-refractivity contribution in [2.45, 2.75) is 37.8 Å². The zero-order valence-electron chi connectivity index (χ0n) is 16.4. The maximum absolute atomic E-state index is 13.5. The molecular weight excluding hydrogens is 352 g/mol. The number of para-hydroxylation sites is 1. The van der Waals surface area contributed by atoms with E-state index in [9.17, 15) is 9.59 Å². The molecule has 0 saturated carbocycles. The van der Waals surface area contributed by atoms with Crippen LogP contribution in [0.25, 0.3) is 0 Å². The summed E-state index contributed by atoms with van der Waals surface area (Å²) in [6.45, 7) is 0. The summed E-state index contributed by atoms with van der Waals surface area (Å²) < 4.78 is 5.41. The van der Waals surface area contributed by atoms with Gasteiger partial charge in [-0.1, -0.05) is 42.5 Å². The highest BCUT2D eigenvalue weighted by atomic mass is 16.5. The van der Waals surface area contributed by atoms with Crippen LogP contribution in [0.3, 0.4) is 0 Å². The molecule has 2 aromatic rings. The molecule has 1 N–H and O–H groups in total. The van der Waals surface area contributed by atoms with Gasteiger partial charge in [-0.2, -0.15) is 0 Å². The maximum atomic E-state index is 13.5. The summed E-state index contributed by atoms with van der Waals surface area (Å²) in [5, 5.41) is 2.87. The fraction of sp³-hybridized carbons (Fsp3) is 0.391. The number of nitrogens with one attached hydrogen (secondary N) is 1. The summed E-state index contributed by atoms with van der Waals surface area (Å²) in [4.78, 5) is 28.5. The molecule has 4 rings (SSSR count). The van der Waals surface area contributed by atoms with E-state index in [1.54, 1.807) is 26.3 Å². The van der Waals surface area contributed by atoms with E-state index < -0.39 is 5.41 Å². The van der Waals surface area contributed by atoms with Gasteiger partial charge < -0.3 is 15.0 Å². The predicted octanol–water partition coefficient (Wildman–Crippen LogP) is 3.05. The lowest BCUT2D eigenvalue weighted by molar-refractivity contribution is -0.132. The minimum Gasteiger partial charge on any atom is -0.496 e. The second-order valence-electron chi connectivity index (χ2n) is 7.76. The van der Waals surface area contributed by atoms with Crippen LogP contribution in [0.15, 0.2) is 54.6 Å². The molecule has 5 nitrogen and oxygen atoms in total. The number of benzene rings is 2. The topological polar surface area (TPSA) is 58.6 Å². The molecule has 2 bridgehead atoms. The van der Waals surface area contributed by atoms with Crippen molar-refractivity contribution in [3.63, 3.8) is 0 Å². The Hall–Kier alpha value is -2.82. The molecule has 2 aliphatic heterocycles. The first-order valence-corrected chi connectivity index (χ1v) is 9.82. The summed E-state index contributed by atoms with van der Waals surface area (Å²) in [5.41, 5.74) is 1.11. The number of rotatable bonds is 5. The van der Waals surface area contributed by atoms with Gasteiger partial charge in [0, 0.05) is 19.1 Å². The van der Waals surface area contributed by atoms with Crippen LogP contribution in [-0.4, -0.2) is 43.0 Å². The average molecular weight is 378 g/mol. The lowest BCUT2D eigenvalue weighted by Gasteiger charge is -2.36. The molecule has 0 aliphatic carbocycles. The van der Waals surface area contributed by atoms with Crippen molar-refractivity contribution >= 4 is 11.8 Å². The first-order valence-electron chi connectivity index (χ1n) is 9.82. The van der Waals surface area contributed by atoms with Gasteiger partial charge in [0.1, 0.15) is 5.75 Å². The van der Waals surface area contributed by atoms with Gasteiger partial charge in [0.15, 0.2) is 0 Å². The van der Waals surface area contributed by atoms with Gasteiger partial charge in [-0.3, -0.25) is 9.59 Å². The highest BCUT2D eigenvalue weighted by Crippen LogP contribution is 2.52. The van der Waals surface area contributed by atoms with Crippen LogP contribution in [0.4, 0.5) is 0 Å². The van der Waals surface area contributed by atoms with Crippen molar-refractivity contribution in [2.75, 3.05) is 14.2 Å². The van der Waals surface area contributed by atoms with E-state index in [0.29, 0.717) is 24.2 Å². The van der Waals surface area contributed by atoms with Gasteiger partial charge >= 0.3 is 0 Å². The summed E-state index contributed by atoms with van der Waals surface area (Å²) in [7, 11) is 3.27. The van der Waals surface area contributed by atoms with Gasteiger partial charge in [-0.25, -0.2) is 0 Å². The van der Waals surface area contributed by atoms with Crippen LogP contribution in [0.5, 0.6) is 5.75 Å². The molecule has 5 heteroatoms. The van der Waals surface area contributed by atoms with Gasteiger partial charge in [0.25, 0.3) is 5.91 Å². The van der Waals surface area contributed by atoms with Crippen LogP contribution < -0.4 is 10.1 Å². The first-order chi connectivity index (χ1) is 13.6. The van der Waals surface area contributed by atoms with Crippen molar-refractivity contribution in [3.05, 3.63) is 65.7 Å². The highest BCUT2D eigenvalue weighted by molar-refractivity contribution is 5.99. The van der Waals surface area contributed by atoms with E-state index in [2.05, 4.69) is 17.4 Å². The lowest BCUT2D eigenvalue weighted by Crippen LogP contribution is -2.50. The third-order valence-electron chi connectivity index (χ3n) is 6.35. The molecule has 0 aromatic heterocycles. The van der Waals surface area contributed by atoms with Crippen molar-refractivity contribution in [2.24, 2.45) is 5.41 Å². The Balaban J connectivity index is 1.70. The summed E-state index contributed by atoms with van der Waals surface area (Å²) in [5.74, 6) is 0.567. The second-order valence-corrected chi connectivity index (χ2v) is 7.76. The monoisotopic (exact) mass is 378 g/mol. The molecule has 2 aliphatic rings. The predicted molar refractivity (Wildman–Crippen MR) is 107 cm³/mol. The second kappa shape index (κ2) is 7.30. The summed E-state index contributed by atoms with van der Waals surface area (Å²) in [6.07, 6.45) is 3.14. The van der Waals surface area contributed by atoms with Gasteiger partial charge in [-0.15, -0.1) is 0 Å². The maximum Gasteiger partial charge on any atom is 0.258 e. The molecule has 2 fully saturated rings. The molecule has 146 valence electrons. The normalized spacial score (nSPS) is 25.6. The zero-order valence-corrected chi connectivity index (χ0v) is 16.4. The summed E-state index contributed by atoms with van der Waals surface area (Å²) in [6, 6.07) is 17.4. The lowest BCUT2D eigenvalue weighted by atomic mass is 9.69. The molecule has 0 radical (unpaired) electrons. The van der Waals surface area contributed by atoms with Gasteiger partial charge in [0.2, 0.25) is 5.91 Å². The molecule has 28 heavy (non-hydrogen) atoms. The molecule has 2 aromatic carbocycles. The molecule has 2 heterocycles. The van der Waals surface area contributed by atoms with Crippen molar-refractivity contribution in [3.8, 4) is 5.75 Å². The first kappa shape index (κ1) is 18.5. The number of hydrogen-bond donors (Lipinski definition) is 1. The van der Waals surface area contributed by atoms with E-state index in [1.807, 2.05) is 35.2 Å². The SMILES string of the molecule is CNC(=O)[C@]1(Cc2ccccc2)C[C@@H]2CC[C@H]1N2C(=O)c1ccccc1OC. The van der Waals surface area contributed by atoms with Gasteiger partial charge in [0.05, 0.1) is 18.1 Å². The fourth-order valence-electron chi connectivity index (χ4n) is 5.17. The Morgan fingerprint density at radius 3 is 2.54 bits per heavy atom. The van der Waals surface area contributed by atoms with E-state index in [1.165, 1.54) is 0 Å². The molecular formula is C23H26N2O3. The largest absolute Gasteiger partial charge is 0.496 e. The van der Waals surface area contributed by atoms with E-state index in [-0.39, 0.29) is 23.9 Å². The van der Waals surface area contributed by atoms with E-state index in [4.69, 9.17) is 4.74 Å². The van der Waals surface area contributed by atoms with Crippen LogP contribution in [0.1, 0.15) is 35.2 Å². The summed E-state index contributed by atoms with van der Waals surface area (Å²) >= 11 is 0. The Morgan fingerprint density at radius 2 is 1.82 bits per heavy atom. The Labute approximate surface area is 165 Å². The van der Waals surface area contributed by atoms with E-state index >= 15 is 0 Å². The van der Waals surface area contributed by atoms with Crippen LogP contribution in [-0.2, 0) is 11.2 Å². The minimum absolute atomic E-state index is 0.0291. The minimum atomic E-state index is -0.587. The number of nitrogens with zero attached hydrogens (tertiary/aromatic N) is 1. The Bertz CT molecular complexity index is 882. The van der Waals surface area contributed by atoms with Crippen molar-refractivity contribution < 1.29 is 14.3 Å². The number of carbonyl (C=O) groups excluding carboxylic acids is 2. The Morgan fingerprint density at radius 1 is 1.11 bits per heavy atom.